The van der Waals surface area contributed by atoms with Crippen molar-refractivity contribution >= 4 is 7.85 Å². The Morgan fingerprint density at radius 3 is 0.857 bits per heavy atom. The number of hydrogen-bond acceptors (Lipinski definition) is 2. The van der Waals surface area contributed by atoms with Crippen LogP contribution in [-0.4, -0.2) is 46.0 Å². The highest BCUT2D eigenvalue weighted by molar-refractivity contribution is 6.08. The van der Waals surface area contributed by atoms with Crippen LogP contribution < -0.4 is 0 Å². The third-order valence-corrected chi connectivity index (χ3v) is 3.85. The van der Waals surface area contributed by atoms with Gasteiger partial charge in [0.05, 0.1) is 6.17 Å². The van der Waals surface area contributed by atoms with Crippen LogP contribution in [0.2, 0.25) is 6.32 Å². The molecule has 0 fully saturated rings. The predicted octanol–water partition coefficient (Wildman–Crippen LogP) is 4.16. The molecule has 0 aliphatic heterocycles. The Hall–Kier alpha value is -0.0151. The van der Waals surface area contributed by atoms with Crippen LogP contribution in [0, 0.1) is 0 Å². The van der Waals surface area contributed by atoms with E-state index in [4.69, 9.17) is 0 Å². The first-order valence-corrected chi connectivity index (χ1v) is 8.53. The smallest absolute Gasteiger partial charge is 0.105 e. The van der Waals surface area contributed by atoms with Gasteiger partial charge in [-0.2, -0.15) is 0 Å². The Labute approximate surface area is 136 Å². The van der Waals surface area contributed by atoms with E-state index in [1.807, 2.05) is 0 Å². The molecule has 0 aliphatic carbocycles. The number of hydrogen-bond donors (Lipinski definition) is 0. The minimum absolute atomic E-state index is 0.133. The van der Waals surface area contributed by atoms with Crippen molar-refractivity contribution in [3.05, 3.63) is 0 Å². The zero-order valence-corrected chi connectivity index (χ0v) is 17.2. The summed E-state index contributed by atoms with van der Waals surface area (Å²) < 4.78 is 0. The SMILES string of the molecule is BCC(N(C(C)(C)C)C(C)(C)C)N(C(C)(C)C)C(C)(C)C. The fourth-order valence-electron chi connectivity index (χ4n) is 4.28. The molecule has 0 amide bonds. The van der Waals surface area contributed by atoms with Crippen LogP contribution >= 0.6 is 0 Å². The largest absolute Gasteiger partial charge is 0.279 e. The molecule has 21 heavy (non-hydrogen) atoms. The molecule has 0 aliphatic rings. The molecule has 2 nitrogen and oxygen atoms in total. The van der Waals surface area contributed by atoms with Crippen LogP contribution in [0.1, 0.15) is 83.1 Å². The van der Waals surface area contributed by atoms with E-state index in [1.54, 1.807) is 0 Å². The molecule has 0 atom stereocenters. The second-order valence-corrected chi connectivity index (χ2v) is 10.3. The normalized spacial score (nSPS) is 15.4. The van der Waals surface area contributed by atoms with Crippen molar-refractivity contribution in [2.24, 2.45) is 0 Å². The van der Waals surface area contributed by atoms with Gasteiger partial charge in [0.25, 0.3) is 0 Å². The summed E-state index contributed by atoms with van der Waals surface area (Å²) in [6.45, 7) is 28.1. The lowest BCUT2D eigenvalue weighted by atomic mass is 9.85. The van der Waals surface area contributed by atoms with E-state index >= 15 is 0 Å². The zero-order chi connectivity index (χ0) is 17.4. The fraction of sp³-hybridized carbons (Fsp3) is 1.00. The standard InChI is InChI=1S/C18H41BN2/c1-15(2,3)20(16(4,5)6)14(13-19)21(17(7,8)9)18(10,11)12/h14H,13,19H2,1-12H3. The van der Waals surface area contributed by atoms with Gasteiger partial charge in [-0.15, -0.1) is 0 Å². The highest BCUT2D eigenvalue weighted by atomic mass is 15.4. The number of rotatable bonds is 3. The van der Waals surface area contributed by atoms with Crippen molar-refractivity contribution in [3.8, 4) is 0 Å². The number of nitrogens with zero attached hydrogens (tertiary/aromatic N) is 2. The summed E-state index contributed by atoms with van der Waals surface area (Å²) in [6, 6.07) is 0. The van der Waals surface area contributed by atoms with E-state index in [0.717, 1.165) is 6.32 Å². The molecule has 0 unspecified atom stereocenters. The average molecular weight is 296 g/mol. The first kappa shape index (κ1) is 21.0. The van der Waals surface area contributed by atoms with Crippen LogP contribution in [0.25, 0.3) is 0 Å². The summed E-state index contributed by atoms with van der Waals surface area (Å²) in [7, 11) is 2.32. The summed E-state index contributed by atoms with van der Waals surface area (Å²) >= 11 is 0. The van der Waals surface area contributed by atoms with Gasteiger partial charge in [0.15, 0.2) is 0 Å². The molecule has 0 saturated carbocycles. The Kier molecular flexibility index (Phi) is 6.23. The van der Waals surface area contributed by atoms with Crippen LogP contribution in [0.15, 0.2) is 0 Å². The minimum atomic E-state index is 0.133. The lowest BCUT2D eigenvalue weighted by Crippen LogP contribution is -2.69. The molecule has 0 heterocycles. The quantitative estimate of drug-likeness (QED) is 0.570. The second kappa shape index (κ2) is 6.24. The summed E-state index contributed by atoms with van der Waals surface area (Å²) in [4.78, 5) is 5.38. The highest BCUT2D eigenvalue weighted by Gasteiger charge is 2.45. The second-order valence-electron chi connectivity index (χ2n) is 10.3. The van der Waals surface area contributed by atoms with E-state index in [-0.39, 0.29) is 22.2 Å². The Morgan fingerprint density at radius 2 is 0.762 bits per heavy atom. The summed E-state index contributed by atoms with van der Waals surface area (Å²) in [5, 5.41) is 0. The van der Waals surface area contributed by atoms with Gasteiger partial charge in [0.2, 0.25) is 0 Å². The molecule has 0 bridgehead atoms. The van der Waals surface area contributed by atoms with Gasteiger partial charge in [-0.1, -0.05) is 6.32 Å². The molecule has 0 aromatic carbocycles. The molecule has 0 spiro atoms. The zero-order valence-electron chi connectivity index (χ0n) is 17.2. The van der Waals surface area contributed by atoms with Gasteiger partial charge in [-0.25, -0.2) is 0 Å². The molecule has 0 radical (unpaired) electrons. The Morgan fingerprint density at radius 1 is 0.571 bits per heavy atom. The maximum Gasteiger partial charge on any atom is 0.105 e. The van der Waals surface area contributed by atoms with E-state index in [2.05, 4.69) is 101 Å². The van der Waals surface area contributed by atoms with Crippen molar-refractivity contribution < 1.29 is 0 Å². The summed E-state index contributed by atoms with van der Waals surface area (Å²) in [5.74, 6) is 0. The molecule has 126 valence electrons. The van der Waals surface area contributed by atoms with Crippen LogP contribution in [0.3, 0.4) is 0 Å². The summed E-state index contributed by atoms with van der Waals surface area (Å²) in [6.07, 6.45) is 1.55. The third kappa shape index (κ3) is 5.60. The summed E-state index contributed by atoms with van der Waals surface area (Å²) in [5.41, 5.74) is 0.530. The van der Waals surface area contributed by atoms with Crippen molar-refractivity contribution in [2.75, 3.05) is 0 Å². The van der Waals surface area contributed by atoms with Crippen molar-refractivity contribution in [1.29, 1.82) is 0 Å². The maximum absolute atomic E-state index is 2.69. The third-order valence-electron chi connectivity index (χ3n) is 3.85. The lowest BCUT2D eigenvalue weighted by molar-refractivity contribution is -0.127. The van der Waals surface area contributed by atoms with Gasteiger partial charge in [-0.05, 0) is 83.1 Å². The maximum atomic E-state index is 2.69. The van der Waals surface area contributed by atoms with Gasteiger partial charge >= 0.3 is 0 Å². The van der Waals surface area contributed by atoms with E-state index in [9.17, 15) is 0 Å². The molecule has 0 aromatic rings. The molecular weight excluding hydrogens is 255 g/mol. The van der Waals surface area contributed by atoms with Gasteiger partial charge in [-0.3, -0.25) is 9.80 Å². The van der Waals surface area contributed by atoms with Gasteiger partial charge in [0, 0.05) is 22.2 Å². The van der Waals surface area contributed by atoms with Crippen LogP contribution in [-0.2, 0) is 0 Å². The Bertz CT molecular complexity index is 263. The molecule has 0 rings (SSSR count). The topological polar surface area (TPSA) is 6.48 Å². The molecule has 0 saturated heterocycles. The van der Waals surface area contributed by atoms with Crippen LogP contribution in [0.4, 0.5) is 0 Å². The molecule has 3 heteroatoms. The Balaban J connectivity index is 6.04. The van der Waals surface area contributed by atoms with E-state index < -0.39 is 0 Å². The first-order chi connectivity index (χ1) is 8.94. The molecule has 0 aromatic heterocycles. The van der Waals surface area contributed by atoms with Gasteiger partial charge < -0.3 is 0 Å². The lowest BCUT2D eigenvalue weighted by Gasteiger charge is -2.59. The van der Waals surface area contributed by atoms with E-state index in [1.165, 1.54) is 0 Å². The van der Waals surface area contributed by atoms with Gasteiger partial charge in [0.1, 0.15) is 7.85 Å². The molecule has 0 N–H and O–H groups in total. The van der Waals surface area contributed by atoms with Crippen molar-refractivity contribution in [1.82, 2.24) is 9.80 Å². The van der Waals surface area contributed by atoms with E-state index in [0.29, 0.717) is 6.17 Å². The average Bonchev–Trinajstić information content (AvgIpc) is 2.06. The first-order valence-electron chi connectivity index (χ1n) is 8.53. The van der Waals surface area contributed by atoms with Crippen LogP contribution in [0.5, 0.6) is 0 Å². The fourth-order valence-corrected chi connectivity index (χ4v) is 4.28. The molecular formula is C18H41BN2. The highest BCUT2D eigenvalue weighted by Crippen LogP contribution is 2.37. The van der Waals surface area contributed by atoms with Crippen molar-refractivity contribution in [3.63, 3.8) is 0 Å². The monoisotopic (exact) mass is 296 g/mol. The predicted molar refractivity (Wildman–Crippen MR) is 99.8 cm³/mol. The van der Waals surface area contributed by atoms with Crippen molar-refractivity contribution in [2.45, 2.75) is 118 Å². The minimum Gasteiger partial charge on any atom is -0.279 e.